The minimum absolute atomic E-state index is 0. The summed E-state index contributed by atoms with van der Waals surface area (Å²) in [5, 5.41) is 10.8. The Balaban J connectivity index is 0.00000456. The fraction of sp³-hybridized carbons (Fsp3) is 0.520. The molecule has 3 rings (SSSR count). The summed E-state index contributed by atoms with van der Waals surface area (Å²) < 4.78 is 36.8. The van der Waals surface area contributed by atoms with Gasteiger partial charge in [0.1, 0.15) is 5.75 Å². The van der Waals surface area contributed by atoms with Crippen LogP contribution in [0.5, 0.6) is 5.75 Å². The number of carbonyl (C=O) groups excluding carboxylic acids is 1. The lowest BCUT2D eigenvalue weighted by atomic mass is 9.85. The Kier molecular flexibility index (Phi) is 12.1. The number of pyridine rings is 1. The SMILES string of the molecule is CCCCO[C@H]1CC[C@H](CC(=O)NN(O)Cc2ccnc(S(=O)(=O)c3ccc(OC)cc3)c2)CC1.Cl. The number of nitrogens with zero attached hydrogens (tertiary/aromatic N) is 2. The second kappa shape index (κ2) is 14.5. The van der Waals surface area contributed by atoms with Gasteiger partial charge in [0.25, 0.3) is 0 Å². The molecule has 1 aromatic heterocycles. The van der Waals surface area contributed by atoms with Crippen LogP contribution in [0.15, 0.2) is 52.5 Å². The van der Waals surface area contributed by atoms with Crippen molar-refractivity contribution < 1.29 is 27.9 Å². The van der Waals surface area contributed by atoms with Crippen molar-refractivity contribution >= 4 is 28.2 Å². The van der Waals surface area contributed by atoms with Crippen molar-refractivity contribution in [1.82, 2.24) is 15.6 Å². The number of amides is 1. The molecule has 1 fully saturated rings. The van der Waals surface area contributed by atoms with Gasteiger partial charge in [-0.1, -0.05) is 18.5 Å². The molecule has 2 aromatic rings. The number of sulfone groups is 1. The Hall–Kier alpha value is -2.24. The van der Waals surface area contributed by atoms with Gasteiger partial charge in [-0.2, -0.15) is 0 Å². The first-order valence-corrected chi connectivity index (χ1v) is 13.5. The molecule has 1 aliphatic rings. The molecule has 0 atom stereocenters. The zero-order chi connectivity index (χ0) is 25.3. The van der Waals surface area contributed by atoms with Gasteiger partial charge in [-0.05, 0) is 80.0 Å². The molecule has 1 heterocycles. The van der Waals surface area contributed by atoms with Crippen LogP contribution in [0.2, 0.25) is 0 Å². The highest BCUT2D eigenvalue weighted by atomic mass is 35.5. The van der Waals surface area contributed by atoms with Crippen LogP contribution in [0.1, 0.15) is 57.4 Å². The van der Waals surface area contributed by atoms with Gasteiger partial charge in [0.2, 0.25) is 15.7 Å². The lowest BCUT2D eigenvalue weighted by Crippen LogP contribution is -2.40. The van der Waals surface area contributed by atoms with E-state index in [0.29, 0.717) is 22.9 Å². The van der Waals surface area contributed by atoms with Gasteiger partial charge in [0.05, 0.1) is 24.7 Å². The molecule has 1 amide bonds. The summed E-state index contributed by atoms with van der Waals surface area (Å²) in [5.41, 5.74) is 2.95. The summed E-state index contributed by atoms with van der Waals surface area (Å²) in [6.07, 6.45) is 7.91. The van der Waals surface area contributed by atoms with Crippen molar-refractivity contribution in [3.8, 4) is 5.75 Å². The lowest BCUT2D eigenvalue weighted by molar-refractivity contribution is -0.166. The number of hydrogen-bond acceptors (Lipinski definition) is 8. The van der Waals surface area contributed by atoms with E-state index in [2.05, 4.69) is 17.3 Å². The van der Waals surface area contributed by atoms with Gasteiger partial charge in [-0.25, -0.2) is 13.4 Å². The van der Waals surface area contributed by atoms with E-state index in [1.807, 2.05) is 0 Å². The summed E-state index contributed by atoms with van der Waals surface area (Å²) in [5.74, 6) is 0.533. The maximum absolute atomic E-state index is 12.9. The molecule has 0 spiro atoms. The van der Waals surface area contributed by atoms with Crippen LogP contribution in [0, 0.1) is 5.92 Å². The maximum Gasteiger partial charge on any atom is 0.236 e. The number of hydrogen-bond donors (Lipinski definition) is 2. The van der Waals surface area contributed by atoms with Crippen LogP contribution in [-0.4, -0.2) is 49.5 Å². The zero-order valence-corrected chi connectivity index (χ0v) is 22.4. The van der Waals surface area contributed by atoms with Crippen LogP contribution in [-0.2, 0) is 25.9 Å². The number of carbonyl (C=O) groups is 1. The quantitative estimate of drug-likeness (QED) is 0.301. The van der Waals surface area contributed by atoms with Crippen molar-refractivity contribution in [2.45, 2.75) is 74.4 Å². The fourth-order valence-electron chi connectivity index (χ4n) is 4.13. The molecule has 0 unspecified atom stereocenters. The van der Waals surface area contributed by atoms with E-state index < -0.39 is 9.84 Å². The number of unbranched alkanes of at least 4 members (excludes halogenated alkanes) is 1. The summed E-state index contributed by atoms with van der Waals surface area (Å²) in [6.45, 7) is 2.85. The molecule has 36 heavy (non-hydrogen) atoms. The fourth-order valence-corrected chi connectivity index (χ4v) is 5.37. The Bertz CT molecular complexity index is 1060. The summed E-state index contributed by atoms with van der Waals surface area (Å²) in [7, 11) is -2.34. The minimum Gasteiger partial charge on any atom is -0.497 e. The first-order chi connectivity index (χ1) is 16.8. The normalized spacial score (nSPS) is 17.9. The molecule has 0 saturated heterocycles. The minimum atomic E-state index is -3.84. The standard InChI is InChI=1S/C25H35N3O6S.ClH/c1-3-4-15-34-22-7-5-19(6-8-22)16-24(29)27-28(30)18-20-13-14-26-25(17-20)35(31,32)23-11-9-21(33-2)10-12-23;/h9-14,17,19,22,30H,3-8,15-16,18H2,1-2H3,(H,27,29);1H/t19-,22-;. The molecule has 0 aliphatic heterocycles. The van der Waals surface area contributed by atoms with Crippen LogP contribution in [0.25, 0.3) is 0 Å². The number of hydrazine groups is 1. The van der Waals surface area contributed by atoms with Crippen LogP contribution in [0.3, 0.4) is 0 Å². The highest BCUT2D eigenvalue weighted by Gasteiger charge is 2.24. The van der Waals surface area contributed by atoms with Gasteiger partial charge in [0.15, 0.2) is 5.03 Å². The van der Waals surface area contributed by atoms with Crippen LogP contribution in [0.4, 0.5) is 0 Å². The Labute approximate surface area is 219 Å². The van der Waals surface area contributed by atoms with Crippen molar-refractivity contribution in [3.05, 3.63) is 48.2 Å². The highest BCUT2D eigenvalue weighted by molar-refractivity contribution is 7.91. The monoisotopic (exact) mass is 541 g/mol. The lowest BCUT2D eigenvalue weighted by Gasteiger charge is -2.28. The molecule has 0 bridgehead atoms. The molecule has 1 aromatic carbocycles. The van der Waals surface area contributed by atoms with Gasteiger partial charge >= 0.3 is 0 Å². The van der Waals surface area contributed by atoms with Crippen LogP contribution >= 0.6 is 12.4 Å². The second-order valence-corrected chi connectivity index (χ2v) is 10.7. The largest absolute Gasteiger partial charge is 0.497 e. The first-order valence-electron chi connectivity index (χ1n) is 12.0. The molecule has 2 N–H and O–H groups in total. The number of benzene rings is 1. The predicted octanol–water partition coefficient (Wildman–Crippen LogP) is 4.33. The topological polar surface area (TPSA) is 118 Å². The van der Waals surface area contributed by atoms with Gasteiger partial charge in [-0.15, -0.1) is 12.4 Å². The molecule has 9 nitrogen and oxygen atoms in total. The third-order valence-corrected chi connectivity index (χ3v) is 7.82. The Morgan fingerprint density at radius 2 is 1.86 bits per heavy atom. The van der Waals surface area contributed by atoms with Gasteiger partial charge in [-0.3, -0.25) is 15.4 Å². The van der Waals surface area contributed by atoms with Crippen molar-refractivity contribution in [3.63, 3.8) is 0 Å². The average Bonchev–Trinajstić information content (AvgIpc) is 2.85. The van der Waals surface area contributed by atoms with Crippen LogP contribution < -0.4 is 10.2 Å². The summed E-state index contributed by atoms with van der Waals surface area (Å²) >= 11 is 0. The van der Waals surface area contributed by atoms with E-state index in [4.69, 9.17) is 9.47 Å². The number of halogens is 1. The van der Waals surface area contributed by atoms with Gasteiger partial charge < -0.3 is 9.47 Å². The van der Waals surface area contributed by atoms with Crippen molar-refractivity contribution in [2.24, 2.45) is 5.92 Å². The molecular weight excluding hydrogens is 506 g/mol. The number of aromatic nitrogens is 1. The second-order valence-electron chi connectivity index (χ2n) is 8.85. The Morgan fingerprint density at radius 3 is 2.50 bits per heavy atom. The molecule has 0 radical (unpaired) electrons. The highest BCUT2D eigenvalue weighted by Crippen LogP contribution is 2.28. The van der Waals surface area contributed by atoms with E-state index in [0.717, 1.165) is 45.1 Å². The predicted molar refractivity (Wildman–Crippen MR) is 137 cm³/mol. The number of rotatable bonds is 12. The molecular formula is C25H36ClN3O6S. The Morgan fingerprint density at radius 1 is 1.17 bits per heavy atom. The van der Waals surface area contributed by atoms with Crippen molar-refractivity contribution in [2.75, 3.05) is 13.7 Å². The van der Waals surface area contributed by atoms with E-state index >= 15 is 0 Å². The molecule has 200 valence electrons. The van der Waals surface area contributed by atoms with E-state index in [1.54, 1.807) is 18.2 Å². The summed E-state index contributed by atoms with van der Waals surface area (Å²) in [6, 6.07) is 9.00. The van der Waals surface area contributed by atoms with E-state index in [-0.39, 0.29) is 46.8 Å². The number of nitrogens with one attached hydrogen (secondary N) is 1. The number of hydroxylamine groups is 1. The van der Waals surface area contributed by atoms with E-state index in [1.165, 1.54) is 31.5 Å². The molecule has 1 saturated carbocycles. The number of methoxy groups -OCH3 is 1. The third-order valence-electron chi connectivity index (χ3n) is 6.15. The molecule has 1 aliphatic carbocycles. The van der Waals surface area contributed by atoms with E-state index in [9.17, 15) is 18.4 Å². The molecule has 11 heteroatoms. The average molecular weight is 542 g/mol. The first kappa shape index (κ1) is 30.0. The summed E-state index contributed by atoms with van der Waals surface area (Å²) in [4.78, 5) is 16.5. The zero-order valence-electron chi connectivity index (χ0n) is 20.8. The van der Waals surface area contributed by atoms with Gasteiger partial charge in [0, 0.05) is 19.2 Å². The third kappa shape index (κ3) is 8.70. The maximum atomic E-state index is 12.9. The number of ether oxygens (including phenoxy) is 2. The van der Waals surface area contributed by atoms with Crippen molar-refractivity contribution in [1.29, 1.82) is 0 Å². The smallest absolute Gasteiger partial charge is 0.236 e.